The SMILES string of the molecule is CCN(CC)CC(S)Cl. The predicted molar refractivity (Wildman–Crippen MR) is 46.4 cm³/mol. The monoisotopic (exact) mass is 167 g/mol. The zero-order valence-electron chi connectivity index (χ0n) is 5.97. The Morgan fingerprint density at radius 1 is 1.44 bits per heavy atom. The smallest absolute Gasteiger partial charge is 0.0886 e. The van der Waals surface area contributed by atoms with Gasteiger partial charge in [-0.2, -0.15) is 12.6 Å². The van der Waals surface area contributed by atoms with Crippen molar-refractivity contribution in [1.82, 2.24) is 4.90 Å². The fourth-order valence-electron chi connectivity index (χ4n) is 0.695. The maximum Gasteiger partial charge on any atom is 0.0886 e. The fourth-order valence-corrected chi connectivity index (χ4v) is 1.12. The summed E-state index contributed by atoms with van der Waals surface area (Å²) in [7, 11) is 0. The van der Waals surface area contributed by atoms with Crippen LogP contribution < -0.4 is 0 Å². The van der Waals surface area contributed by atoms with E-state index in [0.717, 1.165) is 19.6 Å². The molecule has 0 aliphatic carbocycles. The summed E-state index contributed by atoms with van der Waals surface area (Å²) in [6.45, 7) is 7.23. The van der Waals surface area contributed by atoms with E-state index in [1.165, 1.54) is 0 Å². The topological polar surface area (TPSA) is 3.24 Å². The van der Waals surface area contributed by atoms with E-state index in [0.29, 0.717) is 0 Å². The molecular weight excluding hydrogens is 154 g/mol. The van der Waals surface area contributed by atoms with E-state index in [2.05, 4.69) is 31.4 Å². The van der Waals surface area contributed by atoms with Crippen LogP contribution in [-0.4, -0.2) is 29.2 Å². The summed E-state index contributed by atoms with van der Waals surface area (Å²) >= 11 is 9.72. The average molecular weight is 168 g/mol. The first-order chi connectivity index (χ1) is 4.20. The molecule has 9 heavy (non-hydrogen) atoms. The molecule has 0 aliphatic heterocycles. The lowest BCUT2D eigenvalue weighted by molar-refractivity contribution is 0.318. The van der Waals surface area contributed by atoms with Crippen LogP contribution in [0.1, 0.15) is 13.8 Å². The van der Waals surface area contributed by atoms with Crippen molar-refractivity contribution in [2.75, 3.05) is 19.6 Å². The molecule has 0 rings (SSSR count). The summed E-state index contributed by atoms with van der Waals surface area (Å²) in [6.07, 6.45) is 0. The second-order valence-electron chi connectivity index (χ2n) is 1.92. The predicted octanol–water partition coefficient (Wildman–Crippen LogP) is 1.82. The van der Waals surface area contributed by atoms with E-state index in [9.17, 15) is 0 Å². The number of thiol groups is 1. The average Bonchev–Trinajstić information content (AvgIpc) is 1.82. The van der Waals surface area contributed by atoms with E-state index < -0.39 is 0 Å². The van der Waals surface area contributed by atoms with Gasteiger partial charge in [0.25, 0.3) is 0 Å². The first kappa shape index (κ1) is 9.60. The van der Waals surface area contributed by atoms with Gasteiger partial charge < -0.3 is 4.90 Å². The van der Waals surface area contributed by atoms with Crippen molar-refractivity contribution >= 4 is 24.2 Å². The number of halogens is 1. The van der Waals surface area contributed by atoms with Gasteiger partial charge in [-0.15, -0.1) is 11.6 Å². The molecule has 0 aromatic rings. The third-order valence-corrected chi connectivity index (χ3v) is 1.60. The Balaban J connectivity index is 3.31. The highest BCUT2D eigenvalue weighted by atomic mass is 35.5. The van der Waals surface area contributed by atoms with Crippen molar-refractivity contribution in [3.05, 3.63) is 0 Å². The van der Waals surface area contributed by atoms with Crippen LogP contribution in [0.4, 0.5) is 0 Å². The van der Waals surface area contributed by atoms with Gasteiger partial charge in [0.15, 0.2) is 0 Å². The quantitative estimate of drug-likeness (QED) is 0.494. The Hall–Kier alpha value is 0.600. The molecule has 0 N–H and O–H groups in total. The molecule has 0 heterocycles. The minimum absolute atomic E-state index is 0.0232. The summed E-state index contributed by atoms with van der Waals surface area (Å²) in [5, 5.41) is 0. The highest BCUT2D eigenvalue weighted by Gasteiger charge is 2.02. The lowest BCUT2D eigenvalue weighted by Crippen LogP contribution is -2.27. The van der Waals surface area contributed by atoms with Gasteiger partial charge in [-0.1, -0.05) is 13.8 Å². The highest BCUT2D eigenvalue weighted by Crippen LogP contribution is 2.02. The maximum atomic E-state index is 5.65. The molecule has 3 heteroatoms. The molecule has 56 valence electrons. The van der Waals surface area contributed by atoms with Gasteiger partial charge in [0.05, 0.1) is 4.71 Å². The largest absolute Gasteiger partial charge is 0.302 e. The van der Waals surface area contributed by atoms with Crippen molar-refractivity contribution in [3.8, 4) is 0 Å². The number of hydrogen-bond acceptors (Lipinski definition) is 2. The molecule has 0 aliphatic rings. The van der Waals surface area contributed by atoms with Gasteiger partial charge in [-0.05, 0) is 13.1 Å². The van der Waals surface area contributed by atoms with Gasteiger partial charge in [0.1, 0.15) is 0 Å². The van der Waals surface area contributed by atoms with Crippen molar-refractivity contribution < 1.29 is 0 Å². The number of rotatable bonds is 4. The van der Waals surface area contributed by atoms with Gasteiger partial charge in [-0.3, -0.25) is 0 Å². The van der Waals surface area contributed by atoms with Gasteiger partial charge in [0, 0.05) is 6.54 Å². The maximum absolute atomic E-state index is 5.65. The van der Waals surface area contributed by atoms with Crippen LogP contribution in [0.25, 0.3) is 0 Å². The summed E-state index contributed by atoms with van der Waals surface area (Å²) in [6, 6.07) is 0. The number of alkyl halides is 1. The van der Waals surface area contributed by atoms with Gasteiger partial charge in [0.2, 0.25) is 0 Å². The second kappa shape index (κ2) is 5.39. The van der Waals surface area contributed by atoms with E-state index in [1.807, 2.05) is 0 Å². The minimum Gasteiger partial charge on any atom is -0.302 e. The molecule has 0 radical (unpaired) electrons. The van der Waals surface area contributed by atoms with Crippen LogP contribution in [0.2, 0.25) is 0 Å². The van der Waals surface area contributed by atoms with Crippen molar-refractivity contribution in [2.24, 2.45) is 0 Å². The first-order valence-corrected chi connectivity index (χ1v) is 4.20. The third-order valence-electron chi connectivity index (χ3n) is 1.30. The van der Waals surface area contributed by atoms with E-state index in [4.69, 9.17) is 11.6 Å². The summed E-state index contributed by atoms with van der Waals surface area (Å²) in [4.78, 5) is 2.24. The molecule has 0 bridgehead atoms. The summed E-state index contributed by atoms with van der Waals surface area (Å²) in [5.74, 6) is 0. The molecule has 0 saturated heterocycles. The van der Waals surface area contributed by atoms with E-state index in [-0.39, 0.29) is 4.71 Å². The van der Waals surface area contributed by atoms with Crippen molar-refractivity contribution in [3.63, 3.8) is 0 Å². The zero-order valence-corrected chi connectivity index (χ0v) is 7.62. The Bertz CT molecular complexity index is 64.1. The van der Waals surface area contributed by atoms with E-state index in [1.54, 1.807) is 0 Å². The van der Waals surface area contributed by atoms with Crippen LogP contribution in [0.5, 0.6) is 0 Å². The summed E-state index contributed by atoms with van der Waals surface area (Å²) < 4.78 is -0.0232. The molecule has 0 spiro atoms. The van der Waals surface area contributed by atoms with E-state index >= 15 is 0 Å². The fraction of sp³-hybridized carbons (Fsp3) is 1.00. The highest BCUT2D eigenvalue weighted by molar-refractivity contribution is 7.82. The van der Waals surface area contributed by atoms with Crippen LogP contribution in [0.3, 0.4) is 0 Å². The normalized spacial score (nSPS) is 14.3. The number of hydrogen-bond donors (Lipinski definition) is 1. The second-order valence-corrected chi connectivity index (χ2v) is 3.37. The molecule has 0 aromatic carbocycles. The molecule has 0 aromatic heterocycles. The van der Waals surface area contributed by atoms with Crippen molar-refractivity contribution in [1.29, 1.82) is 0 Å². The standard InChI is InChI=1S/C6H14ClNS/c1-3-8(4-2)5-6(7)9/h6,9H,3-5H2,1-2H3. The molecule has 1 nitrogen and oxygen atoms in total. The van der Waals surface area contributed by atoms with Gasteiger partial charge >= 0.3 is 0 Å². The first-order valence-electron chi connectivity index (χ1n) is 3.25. The zero-order chi connectivity index (χ0) is 7.28. The molecular formula is C6H14ClNS. The van der Waals surface area contributed by atoms with Crippen LogP contribution in [-0.2, 0) is 0 Å². The van der Waals surface area contributed by atoms with Crippen LogP contribution in [0.15, 0.2) is 0 Å². The van der Waals surface area contributed by atoms with Crippen LogP contribution >= 0.6 is 24.2 Å². The molecule has 1 atom stereocenters. The lowest BCUT2D eigenvalue weighted by Gasteiger charge is -2.18. The van der Waals surface area contributed by atoms with Crippen LogP contribution in [0, 0.1) is 0 Å². The van der Waals surface area contributed by atoms with Crippen molar-refractivity contribution in [2.45, 2.75) is 18.6 Å². The Morgan fingerprint density at radius 2 is 1.89 bits per heavy atom. The molecule has 0 saturated carbocycles. The molecule has 0 amide bonds. The van der Waals surface area contributed by atoms with Gasteiger partial charge in [-0.25, -0.2) is 0 Å². The summed E-state index contributed by atoms with van der Waals surface area (Å²) in [5.41, 5.74) is 0. The Kier molecular flexibility index (Phi) is 5.75. The molecule has 0 fully saturated rings. The minimum atomic E-state index is -0.0232. The lowest BCUT2D eigenvalue weighted by atomic mass is 10.5. The Morgan fingerprint density at radius 3 is 2.00 bits per heavy atom. The molecule has 1 unspecified atom stereocenters. The Labute approximate surface area is 67.8 Å². The number of nitrogens with zero attached hydrogens (tertiary/aromatic N) is 1. The third kappa shape index (κ3) is 5.07.